The standard InChI is InChI=1S/C15H21NO6/c1-5-6-16-14(17)9-22-15(18)10-7-12(20-3)13(21-4)8-11(10)19-2/h7-8H,5-6,9H2,1-4H3,(H,16,17). The summed E-state index contributed by atoms with van der Waals surface area (Å²) in [6.45, 7) is 2.12. The second-order valence-corrected chi connectivity index (χ2v) is 4.33. The Morgan fingerprint density at radius 3 is 2.14 bits per heavy atom. The van der Waals surface area contributed by atoms with Crippen LogP contribution in [0.25, 0.3) is 0 Å². The molecule has 0 aliphatic heterocycles. The Labute approximate surface area is 129 Å². The number of rotatable bonds is 8. The number of benzene rings is 1. The monoisotopic (exact) mass is 311 g/mol. The molecule has 0 saturated heterocycles. The maximum absolute atomic E-state index is 12.1. The number of nitrogens with one attached hydrogen (secondary N) is 1. The van der Waals surface area contributed by atoms with E-state index in [4.69, 9.17) is 18.9 Å². The van der Waals surface area contributed by atoms with Gasteiger partial charge in [-0.25, -0.2) is 4.79 Å². The maximum Gasteiger partial charge on any atom is 0.342 e. The molecule has 0 heterocycles. The molecule has 0 spiro atoms. The zero-order chi connectivity index (χ0) is 16.5. The summed E-state index contributed by atoms with van der Waals surface area (Å²) >= 11 is 0. The molecule has 0 radical (unpaired) electrons. The van der Waals surface area contributed by atoms with Gasteiger partial charge in [-0.05, 0) is 6.42 Å². The van der Waals surface area contributed by atoms with Crippen molar-refractivity contribution in [2.24, 2.45) is 0 Å². The predicted octanol–water partition coefficient (Wildman–Crippen LogP) is 1.40. The number of hydrogen-bond donors (Lipinski definition) is 1. The molecule has 1 N–H and O–H groups in total. The molecular weight excluding hydrogens is 290 g/mol. The Morgan fingerprint density at radius 1 is 1.00 bits per heavy atom. The Morgan fingerprint density at radius 2 is 1.59 bits per heavy atom. The highest BCUT2D eigenvalue weighted by Gasteiger charge is 2.19. The van der Waals surface area contributed by atoms with Crippen molar-refractivity contribution in [2.45, 2.75) is 13.3 Å². The molecule has 7 nitrogen and oxygen atoms in total. The van der Waals surface area contributed by atoms with Crippen LogP contribution >= 0.6 is 0 Å². The highest BCUT2D eigenvalue weighted by atomic mass is 16.5. The number of carbonyl (C=O) groups excluding carboxylic acids is 2. The molecule has 0 saturated carbocycles. The molecule has 0 unspecified atom stereocenters. The Balaban J connectivity index is 2.85. The number of methoxy groups -OCH3 is 3. The van der Waals surface area contributed by atoms with E-state index in [0.29, 0.717) is 18.0 Å². The van der Waals surface area contributed by atoms with Crippen molar-refractivity contribution in [3.05, 3.63) is 17.7 Å². The molecule has 1 amide bonds. The summed E-state index contributed by atoms with van der Waals surface area (Å²) in [5.41, 5.74) is 0.156. The van der Waals surface area contributed by atoms with E-state index in [9.17, 15) is 9.59 Å². The van der Waals surface area contributed by atoms with Gasteiger partial charge in [-0.1, -0.05) is 6.92 Å². The van der Waals surface area contributed by atoms with Crippen LogP contribution < -0.4 is 19.5 Å². The SMILES string of the molecule is CCCNC(=O)COC(=O)c1cc(OC)c(OC)cc1OC. The average molecular weight is 311 g/mol. The van der Waals surface area contributed by atoms with E-state index < -0.39 is 5.97 Å². The minimum Gasteiger partial charge on any atom is -0.496 e. The van der Waals surface area contributed by atoms with Gasteiger partial charge in [-0.3, -0.25) is 4.79 Å². The minimum atomic E-state index is -0.676. The Bertz CT molecular complexity index is 529. The van der Waals surface area contributed by atoms with E-state index in [2.05, 4.69) is 5.32 Å². The van der Waals surface area contributed by atoms with E-state index in [1.807, 2.05) is 6.92 Å². The van der Waals surface area contributed by atoms with Crippen molar-refractivity contribution in [2.75, 3.05) is 34.5 Å². The summed E-state index contributed by atoms with van der Waals surface area (Å²) in [5, 5.41) is 2.62. The molecule has 1 aromatic rings. The molecule has 7 heteroatoms. The van der Waals surface area contributed by atoms with Crippen LogP contribution in [0.4, 0.5) is 0 Å². The van der Waals surface area contributed by atoms with Crippen molar-refractivity contribution in [3.8, 4) is 17.2 Å². The summed E-state index contributed by atoms with van der Waals surface area (Å²) in [6, 6.07) is 2.97. The van der Waals surface area contributed by atoms with Crippen molar-refractivity contribution in [1.82, 2.24) is 5.32 Å². The van der Waals surface area contributed by atoms with Gasteiger partial charge in [-0.2, -0.15) is 0 Å². The molecule has 0 atom stereocenters. The number of ether oxygens (including phenoxy) is 4. The van der Waals surface area contributed by atoms with Crippen molar-refractivity contribution >= 4 is 11.9 Å². The van der Waals surface area contributed by atoms with E-state index in [1.165, 1.54) is 33.5 Å². The second kappa shape index (κ2) is 8.76. The zero-order valence-corrected chi connectivity index (χ0v) is 13.2. The van der Waals surface area contributed by atoms with Gasteiger partial charge in [0.05, 0.1) is 21.3 Å². The van der Waals surface area contributed by atoms with Gasteiger partial charge in [0.1, 0.15) is 11.3 Å². The molecule has 22 heavy (non-hydrogen) atoms. The number of carbonyl (C=O) groups is 2. The Hall–Kier alpha value is -2.44. The first-order valence-electron chi connectivity index (χ1n) is 6.81. The smallest absolute Gasteiger partial charge is 0.342 e. The van der Waals surface area contributed by atoms with Crippen LogP contribution in [0.2, 0.25) is 0 Å². The van der Waals surface area contributed by atoms with Gasteiger partial charge in [0.25, 0.3) is 5.91 Å². The summed E-state index contributed by atoms with van der Waals surface area (Å²) < 4.78 is 20.4. The van der Waals surface area contributed by atoms with E-state index in [0.717, 1.165) is 6.42 Å². The average Bonchev–Trinajstić information content (AvgIpc) is 2.56. The normalized spacial score (nSPS) is 9.82. The summed E-state index contributed by atoms with van der Waals surface area (Å²) in [6.07, 6.45) is 0.809. The first-order valence-corrected chi connectivity index (χ1v) is 6.81. The molecule has 122 valence electrons. The molecule has 0 bridgehead atoms. The van der Waals surface area contributed by atoms with Crippen molar-refractivity contribution in [1.29, 1.82) is 0 Å². The van der Waals surface area contributed by atoms with Gasteiger partial charge in [0.2, 0.25) is 0 Å². The predicted molar refractivity (Wildman–Crippen MR) is 79.7 cm³/mol. The fraction of sp³-hybridized carbons (Fsp3) is 0.467. The van der Waals surface area contributed by atoms with Crippen molar-refractivity contribution in [3.63, 3.8) is 0 Å². The third-order valence-electron chi connectivity index (χ3n) is 2.83. The van der Waals surface area contributed by atoms with Crippen molar-refractivity contribution < 1.29 is 28.5 Å². The molecule has 1 rings (SSSR count). The lowest BCUT2D eigenvalue weighted by Gasteiger charge is -2.13. The first-order chi connectivity index (χ1) is 10.6. The van der Waals surface area contributed by atoms with E-state index >= 15 is 0 Å². The zero-order valence-electron chi connectivity index (χ0n) is 13.2. The molecule has 0 fully saturated rings. The third-order valence-corrected chi connectivity index (χ3v) is 2.83. The van der Waals surface area contributed by atoms with Crippen LogP contribution in [-0.2, 0) is 9.53 Å². The molecule has 0 aromatic heterocycles. The maximum atomic E-state index is 12.1. The summed E-state index contributed by atoms with van der Waals surface area (Å²) in [7, 11) is 4.36. The molecule has 0 aliphatic carbocycles. The minimum absolute atomic E-state index is 0.156. The summed E-state index contributed by atoms with van der Waals surface area (Å²) in [5.74, 6) is 0.0398. The van der Waals surface area contributed by atoms with Gasteiger partial charge >= 0.3 is 5.97 Å². The quantitative estimate of drug-likeness (QED) is 0.731. The van der Waals surface area contributed by atoms with Crippen LogP contribution in [0.3, 0.4) is 0 Å². The number of amides is 1. The highest BCUT2D eigenvalue weighted by molar-refractivity contribution is 5.95. The highest BCUT2D eigenvalue weighted by Crippen LogP contribution is 2.34. The van der Waals surface area contributed by atoms with E-state index in [-0.39, 0.29) is 23.8 Å². The second-order valence-electron chi connectivity index (χ2n) is 4.33. The topological polar surface area (TPSA) is 83.1 Å². The molecular formula is C15H21NO6. The number of esters is 1. The van der Waals surface area contributed by atoms with Crippen LogP contribution in [-0.4, -0.2) is 46.4 Å². The van der Waals surface area contributed by atoms with Crippen LogP contribution in [0, 0.1) is 0 Å². The fourth-order valence-electron chi connectivity index (χ4n) is 1.71. The van der Waals surface area contributed by atoms with Gasteiger partial charge < -0.3 is 24.3 Å². The largest absolute Gasteiger partial charge is 0.496 e. The van der Waals surface area contributed by atoms with Gasteiger partial charge in [-0.15, -0.1) is 0 Å². The van der Waals surface area contributed by atoms with Gasteiger partial charge in [0.15, 0.2) is 18.1 Å². The van der Waals surface area contributed by atoms with Crippen LogP contribution in [0.15, 0.2) is 12.1 Å². The Kier molecular flexibility index (Phi) is 7.01. The lowest BCUT2D eigenvalue weighted by atomic mass is 10.1. The van der Waals surface area contributed by atoms with Crippen LogP contribution in [0.1, 0.15) is 23.7 Å². The third kappa shape index (κ3) is 4.54. The van der Waals surface area contributed by atoms with Crippen LogP contribution in [0.5, 0.6) is 17.2 Å². The number of hydrogen-bond acceptors (Lipinski definition) is 6. The van der Waals surface area contributed by atoms with Gasteiger partial charge in [0, 0.05) is 18.7 Å². The summed E-state index contributed by atoms with van der Waals surface area (Å²) in [4.78, 5) is 23.5. The molecule has 1 aromatic carbocycles. The van der Waals surface area contributed by atoms with E-state index in [1.54, 1.807) is 0 Å². The lowest BCUT2D eigenvalue weighted by molar-refractivity contribution is -0.124. The first kappa shape index (κ1) is 17.6. The lowest BCUT2D eigenvalue weighted by Crippen LogP contribution is -2.29. The fourth-order valence-corrected chi connectivity index (χ4v) is 1.71. The molecule has 0 aliphatic rings.